The third kappa shape index (κ3) is 4.19. The van der Waals surface area contributed by atoms with E-state index in [1.807, 2.05) is 84.9 Å². The minimum absolute atomic E-state index is 0.112. The summed E-state index contributed by atoms with van der Waals surface area (Å²) in [4.78, 5) is 22.2. The Morgan fingerprint density at radius 3 is 1.51 bits per heavy atom. The fourth-order valence-electron chi connectivity index (χ4n) is 7.24. The first-order chi connectivity index (χ1) is 23.1. The van der Waals surface area contributed by atoms with Crippen LogP contribution in [0.2, 0.25) is 0 Å². The van der Waals surface area contributed by atoms with Crippen LogP contribution in [0.5, 0.6) is 5.75 Å². The normalized spacial score (nSPS) is 11.8. The molecule has 1 heterocycles. The summed E-state index contributed by atoms with van der Waals surface area (Å²) in [5, 5.41) is 21.7. The SMILES string of the molecule is NOOc1c2ccccc2c(-c2ccc3c(c2)[se]c2ccc(-c4c5ccccc5c([N+](=O)[O-])c5ccccc45)cc23)c2ccccc12. The predicted molar refractivity (Wildman–Crippen MR) is 192 cm³/mol. The van der Waals surface area contributed by atoms with Gasteiger partial charge in [-0.15, -0.1) is 0 Å². The maximum atomic E-state index is 12.3. The van der Waals surface area contributed by atoms with Gasteiger partial charge in [0.2, 0.25) is 0 Å². The van der Waals surface area contributed by atoms with Crippen LogP contribution in [0.1, 0.15) is 0 Å². The van der Waals surface area contributed by atoms with E-state index in [0.717, 1.165) is 54.6 Å². The second-order valence-electron chi connectivity index (χ2n) is 11.6. The number of nitrogens with zero attached hydrogens (tertiary/aromatic N) is 1. The van der Waals surface area contributed by atoms with Crippen molar-refractivity contribution >= 4 is 82.6 Å². The van der Waals surface area contributed by atoms with Gasteiger partial charge in [-0.1, -0.05) is 0 Å². The molecule has 0 aliphatic carbocycles. The van der Waals surface area contributed by atoms with Crippen molar-refractivity contribution in [3.8, 4) is 28.0 Å². The molecule has 0 atom stereocenters. The van der Waals surface area contributed by atoms with Gasteiger partial charge in [-0.05, 0) is 0 Å². The van der Waals surface area contributed by atoms with Crippen LogP contribution in [0.15, 0.2) is 133 Å². The summed E-state index contributed by atoms with van der Waals surface area (Å²) in [5.41, 5.74) is 4.49. The average molecular weight is 676 g/mol. The third-order valence-corrected chi connectivity index (χ3v) is 11.5. The van der Waals surface area contributed by atoms with Gasteiger partial charge in [0.15, 0.2) is 0 Å². The molecule has 6 nitrogen and oxygen atoms in total. The topological polar surface area (TPSA) is 87.6 Å². The number of hydrogen-bond acceptors (Lipinski definition) is 5. The Morgan fingerprint density at radius 2 is 0.979 bits per heavy atom. The van der Waals surface area contributed by atoms with Crippen molar-refractivity contribution in [3.63, 3.8) is 0 Å². The van der Waals surface area contributed by atoms with E-state index in [2.05, 4.69) is 53.5 Å². The van der Waals surface area contributed by atoms with Crippen LogP contribution in [0.4, 0.5) is 5.69 Å². The zero-order chi connectivity index (χ0) is 31.6. The number of benzene rings is 8. The van der Waals surface area contributed by atoms with Crippen molar-refractivity contribution < 1.29 is 14.8 Å². The molecule has 0 radical (unpaired) electrons. The summed E-state index contributed by atoms with van der Waals surface area (Å²) in [5.74, 6) is 5.96. The molecule has 0 saturated carbocycles. The van der Waals surface area contributed by atoms with E-state index >= 15 is 0 Å². The van der Waals surface area contributed by atoms with Crippen molar-refractivity contribution in [2.24, 2.45) is 5.90 Å². The second-order valence-corrected chi connectivity index (χ2v) is 13.8. The molecular weight excluding hydrogens is 651 g/mol. The first kappa shape index (κ1) is 27.7. The average Bonchev–Trinajstić information content (AvgIpc) is 3.47. The van der Waals surface area contributed by atoms with Crippen molar-refractivity contribution in [1.29, 1.82) is 0 Å². The van der Waals surface area contributed by atoms with E-state index < -0.39 is 0 Å². The molecule has 1 aromatic heterocycles. The quantitative estimate of drug-likeness (QED) is 0.0645. The third-order valence-electron chi connectivity index (χ3n) is 9.15. The first-order valence-electron chi connectivity index (χ1n) is 15.1. The Kier molecular flexibility index (Phi) is 6.35. The van der Waals surface area contributed by atoms with Gasteiger partial charge in [-0.2, -0.15) is 0 Å². The molecule has 2 N–H and O–H groups in total. The molecule has 0 spiro atoms. The van der Waals surface area contributed by atoms with Gasteiger partial charge >= 0.3 is 275 Å². The van der Waals surface area contributed by atoms with Gasteiger partial charge in [0, 0.05) is 0 Å². The molecule has 9 aromatic rings. The molecule has 0 fully saturated rings. The fraction of sp³-hybridized carbons (Fsp3) is 0. The van der Waals surface area contributed by atoms with Crippen LogP contribution >= 0.6 is 0 Å². The Bertz CT molecular complexity index is 2640. The Balaban J connectivity index is 1.28. The Morgan fingerprint density at radius 1 is 0.511 bits per heavy atom. The maximum absolute atomic E-state index is 12.3. The van der Waals surface area contributed by atoms with Crippen LogP contribution in [-0.4, -0.2) is 19.4 Å². The van der Waals surface area contributed by atoms with E-state index in [1.54, 1.807) is 0 Å². The summed E-state index contributed by atoms with van der Waals surface area (Å²) >= 11 is 0.112. The summed E-state index contributed by atoms with van der Waals surface area (Å²) in [6, 6.07) is 45.1. The molecule has 9 rings (SSSR count). The molecule has 0 amide bonds. The molecule has 224 valence electrons. The van der Waals surface area contributed by atoms with Crippen LogP contribution in [-0.2, 0) is 4.99 Å². The molecule has 0 saturated heterocycles. The van der Waals surface area contributed by atoms with Gasteiger partial charge in [-0.3, -0.25) is 0 Å². The molecule has 0 aliphatic heterocycles. The van der Waals surface area contributed by atoms with Crippen molar-refractivity contribution in [3.05, 3.63) is 144 Å². The summed E-state index contributed by atoms with van der Waals surface area (Å²) in [6.45, 7) is 0. The Hall–Kier alpha value is -5.56. The molecule has 47 heavy (non-hydrogen) atoms. The first-order valence-corrected chi connectivity index (χ1v) is 16.9. The summed E-state index contributed by atoms with van der Waals surface area (Å²) in [6.07, 6.45) is 0. The van der Waals surface area contributed by atoms with Gasteiger partial charge in [0.25, 0.3) is 0 Å². The monoisotopic (exact) mass is 676 g/mol. The zero-order valence-corrected chi connectivity index (χ0v) is 26.5. The van der Waals surface area contributed by atoms with E-state index in [4.69, 9.17) is 10.8 Å². The number of nitrogens with two attached hydrogens (primary N) is 1. The Labute approximate surface area is 273 Å². The van der Waals surface area contributed by atoms with Gasteiger partial charge in [0.1, 0.15) is 0 Å². The van der Waals surface area contributed by atoms with E-state index in [9.17, 15) is 10.1 Å². The van der Waals surface area contributed by atoms with Crippen LogP contribution in [0, 0.1) is 10.1 Å². The van der Waals surface area contributed by atoms with E-state index in [-0.39, 0.29) is 25.1 Å². The van der Waals surface area contributed by atoms with Crippen LogP contribution < -0.4 is 10.8 Å². The molecule has 0 aliphatic rings. The number of nitro benzene ring substituents is 1. The number of fused-ring (bicyclic) bond motifs is 7. The van der Waals surface area contributed by atoms with Crippen molar-refractivity contribution in [1.82, 2.24) is 0 Å². The summed E-state index contributed by atoms with van der Waals surface area (Å²) in [7, 11) is 0. The number of non-ortho nitro benzene ring substituents is 1. The van der Waals surface area contributed by atoms with E-state index in [0.29, 0.717) is 16.5 Å². The number of rotatable bonds is 5. The predicted octanol–water partition coefficient (Wildman–Crippen LogP) is 10.1. The van der Waals surface area contributed by atoms with Gasteiger partial charge in [0.05, 0.1) is 0 Å². The molecule has 8 aromatic carbocycles. The minimum atomic E-state index is -0.257. The second kappa shape index (κ2) is 10.8. The van der Waals surface area contributed by atoms with E-state index in [1.165, 1.54) is 19.3 Å². The van der Waals surface area contributed by atoms with Crippen molar-refractivity contribution in [2.75, 3.05) is 0 Å². The molecular formula is C40H24N2O4Se. The molecule has 7 heteroatoms. The van der Waals surface area contributed by atoms with Crippen molar-refractivity contribution in [2.45, 2.75) is 0 Å². The standard InChI is InChI=1S/C40H24N2O4Se/c41-46-45-40-32-15-7-3-11-28(32)38(29-12-4-8-16-33(29)40)24-17-19-25-34-21-23(18-20-35(34)47-36(25)22-24)37-26-9-1-5-13-30(26)39(42(43)44)31-14-6-2-10-27(31)37/h1-22H,41H2. The summed E-state index contributed by atoms with van der Waals surface area (Å²) < 4.78 is 2.64. The zero-order valence-electron chi connectivity index (χ0n) is 24.8. The molecule has 0 bridgehead atoms. The number of hydrogen-bond donors (Lipinski definition) is 1. The molecule has 0 unspecified atom stereocenters. The fourth-order valence-corrected chi connectivity index (χ4v) is 9.60. The van der Waals surface area contributed by atoms with Crippen LogP contribution in [0.25, 0.3) is 84.6 Å². The van der Waals surface area contributed by atoms with Crippen LogP contribution in [0.3, 0.4) is 0 Å². The number of nitro groups is 1. The van der Waals surface area contributed by atoms with Gasteiger partial charge < -0.3 is 0 Å². The van der Waals surface area contributed by atoms with Gasteiger partial charge in [-0.25, -0.2) is 0 Å².